The second kappa shape index (κ2) is 8.34. The Balaban J connectivity index is 1.39. The van der Waals surface area contributed by atoms with Gasteiger partial charge in [0.15, 0.2) is 11.5 Å². The van der Waals surface area contributed by atoms with E-state index in [1.54, 1.807) is 35.0 Å². The number of nitrogens with one attached hydrogen (secondary N) is 1. The molecule has 0 aliphatic heterocycles. The lowest BCUT2D eigenvalue weighted by atomic mass is 10.2. The van der Waals surface area contributed by atoms with Crippen LogP contribution in [0, 0.1) is 0 Å². The number of pyridine rings is 1. The van der Waals surface area contributed by atoms with E-state index in [0.29, 0.717) is 29.5 Å². The summed E-state index contributed by atoms with van der Waals surface area (Å²) < 4.78 is 12.4. The number of ether oxygens (including phenoxy) is 2. The van der Waals surface area contributed by atoms with Gasteiger partial charge in [-0.05, 0) is 18.2 Å². The highest BCUT2D eigenvalue weighted by atomic mass is 16.5. The van der Waals surface area contributed by atoms with E-state index in [2.05, 4.69) is 25.6 Å². The quantitative estimate of drug-likeness (QED) is 0.481. The normalized spacial score (nSPS) is 10.7. The molecule has 9 nitrogen and oxygen atoms in total. The highest BCUT2D eigenvalue weighted by molar-refractivity contribution is 5.96. The van der Waals surface area contributed by atoms with Crippen LogP contribution in [0.3, 0.4) is 0 Å². The topological polar surface area (TPSA) is 104 Å². The van der Waals surface area contributed by atoms with Crippen molar-refractivity contribution in [1.82, 2.24) is 30.1 Å². The number of rotatable bonds is 7. The molecule has 3 heterocycles. The van der Waals surface area contributed by atoms with Gasteiger partial charge >= 0.3 is 0 Å². The van der Waals surface area contributed by atoms with Gasteiger partial charge in [-0.15, -0.1) is 15.3 Å². The molecule has 9 heteroatoms. The molecule has 0 unspecified atom stereocenters. The van der Waals surface area contributed by atoms with Gasteiger partial charge in [-0.3, -0.25) is 4.79 Å². The standard InChI is InChI=1S/C20H18N6O3/c1-28-20-15(8-5-11-22-20)19(27)21-12-13-29-17-10-9-16-23-24-18(26(16)25-17)14-6-3-2-4-7-14/h2-11H,12-13H2,1H3,(H,21,27). The van der Waals surface area contributed by atoms with Crippen LogP contribution < -0.4 is 14.8 Å². The SMILES string of the molecule is COc1ncccc1C(=O)NCCOc1ccc2nnc(-c3ccccc3)n2n1. The number of carbonyl (C=O) groups excluding carboxylic acids is 1. The fourth-order valence-corrected chi connectivity index (χ4v) is 2.76. The number of nitrogens with zero attached hydrogens (tertiary/aromatic N) is 5. The van der Waals surface area contributed by atoms with Gasteiger partial charge in [0, 0.05) is 17.8 Å². The number of hydrogen-bond donors (Lipinski definition) is 1. The van der Waals surface area contributed by atoms with E-state index in [9.17, 15) is 4.79 Å². The van der Waals surface area contributed by atoms with E-state index in [4.69, 9.17) is 9.47 Å². The van der Waals surface area contributed by atoms with Gasteiger partial charge < -0.3 is 14.8 Å². The first-order valence-corrected chi connectivity index (χ1v) is 8.94. The predicted octanol–water partition coefficient (Wildman–Crippen LogP) is 2.00. The van der Waals surface area contributed by atoms with Crippen LogP contribution in [-0.4, -0.2) is 51.0 Å². The fraction of sp³-hybridized carbons (Fsp3) is 0.150. The molecular formula is C20H18N6O3. The molecule has 146 valence electrons. The van der Waals surface area contributed by atoms with Crippen LogP contribution in [0.25, 0.3) is 17.0 Å². The molecule has 0 bridgehead atoms. The maximum atomic E-state index is 12.3. The van der Waals surface area contributed by atoms with Gasteiger partial charge in [-0.2, -0.15) is 4.52 Å². The third-order valence-corrected chi connectivity index (χ3v) is 4.12. The molecule has 29 heavy (non-hydrogen) atoms. The Morgan fingerprint density at radius 2 is 1.93 bits per heavy atom. The van der Waals surface area contributed by atoms with Gasteiger partial charge in [0.2, 0.25) is 11.8 Å². The number of aromatic nitrogens is 5. The first kappa shape index (κ1) is 18.4. The molecule has 3 aromatic heterocycles. The van der Waals surface area contributed by atoms with Crippen LogP contribution in [0.4, 0.5) is 0 Å². The number of fused-ring (bicyclic) bond motifs is 1. The van der Waals surface area contributed by atoms with Gasteiger partial charge in [-0.25, -0.2) is 4.98 Å². The highest BCUT2D eigenvalue weighted by Gasteiger charge is 2.13. The molecule has 0 radical (unpaired) electrons. The van der Waals surface area contributed by atoms with Gasteiger partial charge in [0.05, 0.1) is 13.7 Å². The number of benzene rings is 1. The molecule has 0 saturated carbocycles. The van der Waals surface area contributed by atoms with E-state index in [-0.39, 0.29) is 18.4 Å². The Kier molecular flexibility index (Phi) is 5.28. The Morgan fingerprint density at radius 1 is 1.07 bits per heavy atom. The van der Waals surface area contributed by atoms with Crippen molar-refractivity contribution in [2.45, 2.75) is 0 Å². The monoisotopic (exact) mass is 390 g/mol. The summed E-state index contributed by atoms with van der Waals surface area (Å²) >= 11 is 0. The summed E-state index contributed by atoms with van der Waals surface area (Å²) in [4.78, 5) is 16.3. The molecule has 0 fully saturated rings. The number of methoxy groups -OCH3 is 1. The Morgan fingerprint density at radius 3 is 2.76 bits per heavy atom. The molecule has 1 amide bonds. The van der Waals surface area contributed by atoms with Gasteiger partial charge in [-0.1, -0.05) is 30.3 Å². The second-order valence-electron chi connectivity index (χ2n) is 6.00. The zero-order valence-corrected chi connectivity index (χ0v) is 15.6. The first-order chi connectivity index (χ1) is 14.3. The molecule has 1 N–H and O–H groups in total. The Hall–Kier alpha value is -4.01. The zero-order chi connectivity index (χ0) is 20.1. The van der Waals surface area contributed by atoms with E-state index in [1.165, 1.54) is 7.11 Å². The summed E-state index contributed by atoms with van der Waals surface area (Å²) in [5.74, 6) is 1.02. The van der Waals surface area contributed by atoms with Crippen molar-refractivity contribution in [2.24, 2.45) is 0 Å². The predicted molar refractivity (Wildman–Crippen MR) is 105 cm³/mol. The van der Waals surface area contributed by atoms with E-state index < -0.39 is 0 Å². The maximum Gasteiger partial charge on any atom is 0.256 e. The zero-order valence-electron chi connectivity index (χ0n) is 15.6. The molecule has 4 aromatic rings. The summed E-state index contributed by atoms with van der Waals surface area (Å²) in [5.41, 5.74) is 1.89. The average Bonchev–Trinajstić information content (AvgIpc) is 3.20. The maximum absolute atomic E-state index is 12.3. The first-order valence-electron chi connectivity index (χ1n) is 8.94. The minimum Gasteiger partial charge on any atom is -0.480 e. The summed E-state index contributed by atoms with van der Waals surface area (Å²) in [6.45, 7) is 0.542. The molecule has 0 spiro atoms. The van der Waals surface area contributed by atoms with Crippen molar-refractivity contribution >= 4 is 11.6 Å². The van der Waals surface area contributed by atoms with Crippen LogP contribution in [0.15, 0.2) is 60.8 Å². The molecule has 4 rings (SSSR count). The highest BCUT2D eigenvalue weighted by Crippen LogP contribution is 2.18. The van der Waals surface area contributed by atoms with Crippen molar-refractivity contribution in [2.75, 3.05) is 20.3 Å². The molecule has 0 aliphatic carbocycles. The van der Waals surface area contributed by atoms with E-state index in [1.807, 2.05) is 30.3 Å². The van der Waals surface area contributed by atoms with Crippen molar-refractivity contribution in [3.8, 4) is 23.1 Å². The third-order valence-electron chi connectivity index (χ3n) is 4.12. The Bertz CT molecular complexity index is 1130. The lowest BCUT2D eigenvalue weighted by Crippen LogP contribution is -2.28. The lowest BCUT2D eigenvalue weighted by molar-refractivity contribution is 0.0942. The van der Waals surface area contributed by atoms with Crippen LogP contribution >= 0.6 is 0 Å². The van der Waals surface area contributed by atoms with Crippen molar-refractivity contribution < 1.29 is 14.3 Å². The molecule has 0 atom stereocenters. The third kappa shape index (κ3) is 3.98. The lowest BCUT2D eigenvalue weighted by Gasteiger charge is -2.09. The van der Waals surface area contributed by atoms with Crippen molar-refractivity contribution in [1.29, 1.82) is 0 Å². The summed E-state index contributed by atoms with van der Waals surface area (Å²) in [5, 5.41) is 15.5. The molecule has 1 aromatic carbocycles. The Labute approximate surface area is 166 Å². The molecular weight excluding hydrogens is 372 g/mol. The van der Waals surface area contributed by atoms with E-state index in [0.717, 1.165) is 5.56 Å². The minimum absolute atomic E-state index is 0.246. The smallest absolute Gasteiger partial charge is 0.256 e. The summed E-state index contributed by atoms with van der Waals surface area (Å²) in [7, 11) is 1.47. The van der Waals surface area contributed by atoms with Gasteiger partial charge in [0.25, 0.3) is 5.91 Å². The van der Waals surface area contributed by atoms with Gasteiger partial charge in [0.1, 0.15) is 12.2 Å². The van der Waals surface area contributed by atoms with Crippen molar-refractivity contribution in [3.05, 3.63) is 66.4 Å². The molecule has 0 saturated heterocycles. The summed E-state index contributed by atoms with van der Waals surface area (Å²) in [6.07, 6.45) is 1.56. The fourth-order valence-electron chi connectivity index (χ4n) is 2.76. The number of hydrogen-bond acceptors (Lipinski definition) is 7. The van der Waals surface area contributed by atoms with E-state index >= 15 is 0 Å². The van der Waals surface area contributed by atoms with Crippen LogP contribution in [0.5, 0.6) is 11.8 Å². The summed E-state index contributed by atoms with van der Waals surface area (Å²) in [6, 6.07) is 16.5. The largest absolute Gasteiger partial charge is 0.480 e. The average molecular weight is 390 g/mol. The second-order valence-corrected chi connectivity index (χ2v) is 6.00. The van der Waals surface area contributed by atoms with Crippen molar-refractivity contribution in [3.63, 3.8) is 0 Å². The van der Waals surface area contributed by atoms with Crippen LogP contribution in [0.1, 0.15) is 10.4 Å². The van der Waals surface area contributed by atoms with Crippen LogP contribution in [-0.2, 0) is 0 Å². The number of carbonyl (C=O) groups is 1. The number of amides is 1. The molecule has 0 aliphatic rings. The minimum atomic E-state index is -0.285. The van der Waals surface area contributed by atoms with Crippen LogP contribution in [0.2, 0.25) is 0 Å².